The summed E-state index contributed by atoms with van der Waals surface area (Å²) in [4.78, 5) is 20.4. The van der Waals surface area contributed by atoms with Gasteiger partial charge in [0.15, 0.2) is 0 Å². The van der Waals surface area contributed by atoms with Gasteiger partial charge in [-0.3, -0.25) is 14.1 Å². The standard InChI is InChI=1S/C27H36N4O2/c1-19(2)16-23(22-10-8-20(3)9-11-22)17-28-27(32)25-6-5-7-26-29-24(18-31(25)26)21(4)30-12-14-33-15-13-30/h5-11,18-19,21,23H,12-17H2,1-4H3,(H,28,32). The maximum Gasteiger partial charge on any atom is 0.268 e. The summed E-state index contributed by atoms with van der Waals surface area (Å²) in [5.41, 5.74) is 4.93. The minimum absolute atomic E-state index is 0.0653. The highest BCUT2D eigenvalue weighted by molar-refractivity contribution is 5.93. The van der Waals surface area contributed by atoms with Crippen molar-refractivity contribution in [3.63, 3.8) is 0 Å². The molecular weight excluding hydrogens is 412 g/mol. The van der Waals surface area contributed by atoms with Crippen LogP contribution >= 0.6 is 0 Å². The van der Waals surface area contributed by atoms with Crippen molar-refractivity contribution in [3.05, 3.63) is 71.2 Å². The fourth-order valence-corrected chi connectivity index (χ4v) is 4.62. The van der Waals surface area contributed by atoms with Crippen LogP contribution in [0, 0.1) is 12.8 Å². The number of aromatic nitrogens is 2. The van der Waals surface area contributed by atoms with E-state index in [1.807, 2.05) is 28.8 Å². The van der Waals surface area contributed by atoms with Gasteiger partial charge in [-0.1, -0.05) is 49.7 Å². The van der Waals surface area contributed by atoms with Gasteiger partial charge in [0.25, 0.3) is 5.91 Å². The molecule has 1 N–H and O–H groups in total. The van der Waals surface area contributed by atoms with E-state index < -0.39 is 0 Å². The van der Waals surface area contributed by atoms with Gasteiger partial charge in [0.2, 0.25) is 0 Å². The second kappa shape index (κ2) is 10.5. The second-order valence-corrected chi connectivity index (χ2v) is 9.58. The molecule has 6 heteroatoms. The lowest BCUT2D eigenvalue weighted by Crippen LogP contribution is -2.38. The van der Waals surface area contributed by atoms with E-state index in [-0.39, 0.29) is 17.9 Å². The number of carbonyl (C=O) groups is 1. The number of fused-ring (bicyclic) bond motifs is 1. The smallest absolute Gasteiger partial charge is 0.268 e. The number of hydrogen-bond acceptors (Lipinski definition) is 4. The van der Waals surface area contributed by atoms with E-state index in [2.05, 4.69) is 62.2 Å². The molecular formula is C27H36N4O2. The van der Waals surface area contributed by atoms with E-state index in [1.54, 1.807) is 0 Å². The fourth-order valence-electron chi connectivity index (χ4n) is 4.62. The third-order valence-electron chi connectivity index (χ3n) is 6.58. The van der Waals surface area contributed by atoms with E-state index >= 15 is 0 Å². The minimum Gasteiger partial charge on any atom is -0.379 e. The van der Waals surface area contributed by atoms with Crippen molar-refractivity contribution in [2.24, 2.45) is 5.92 Å². The van der Waals surface area contributed by atoms with Crippen LogP contribution in [0.4, 0.5) is 0 Å². The van der Waals surface area contributed by atoms with Crippen LogP contribution < -0.4 is 5.32 Å². The molecule has 2 aromatic heterocycles. The quantitative estimate of drug-likeness (QED) is 0.547. The van der Waals surface area contributed by atoms with Gasteiger partial charge in [0, 0.05) is 31.7 Å². The number of benzene rings is 1. The highest BCUT2D eigenvalue weighted by Crippen LogP contribution is 2.25. The molecule has 4 rings (SSSR count). The van der Waals surface area contributed by atoms with Gasteiger partial charge in [-0.15, -0.1) is 0 Å². The number of pyridine rings is 1. The minimum atomic E-state index is -0.0653. The summed E-state index contributed by atoms with van der Waals surface area (Å²) in [6, 6.07) is 14.6. The molecule has 1 aliphatic rings. The summed E-state index contributed by atoms with van der Waals surface area (Å²) in [5, 5.41) is 3.20. The molecule has 1 amide bonds. The SMILES string of the molecule is Cc1ccc(C(CNC(=O)c2cccc3nc(C(C)N4CCOCC4)cn23)CC(C)C)cc1. The molecule has 2 unspecified atom stereocenters. The van der Waals surface area contributed by atoms with Gasteiger partial charge in [0.05, 0.1) is 24.9 Å². The van der Waals surface area contributed by atoms with E-state index in [0.29, 0.717) is 18.2 Å². The van der Waals surface area contributed by atoms with E-state index in [9.17, 15) is 4.79 Å². The van der Waals surface area contributed by atoms with Crippen LogP contribution in [0.3, 0.4) is 0 Å². The summed E-state index contributed by atoms with van der Waals surface area (Å²) in [5.74, 6) is 0.771. The highest BCUT2D eigenvalue weighted by atomic mass is 16.5. The number of imidazole rings is 1. The predicted molar refractivity (Wildman–Crippen MR) is 132 cm³/mol. The van der Waals surface area contributed by atoms with Crippen LogP contribution in [0.5, 0.6) is 0 Å². The fraction of sp³-hybridized carbons (Fsp3) is 0.481. The highest BCUT2D eigenvalue weighted by Gasteiger charge is 2.22. The van der Waals surface area contributed by atoms with Crippen molar-refractivity contribution >= 4 is 11.6 Å². The van der Waals surface area contributed by atoms with Gasteiger partial charge in [-0.25, -0.2) is 4.98 Å². The summed E-state index contributed by atoms with van der Waals surface area (Å²) >= 11 is 0. The monoisotopic (exact) mass is 448 g/mol. The lowest BCUT2D eigenvalue weighted by atomic mass is 9.90. The number of nitrogens with zero attached hydrogens (tertiary/aromatic N) is 3. The average molecular weight is 449 g/mol. The number of nitrogens with one attached hydrogen (secondary N) is 1. The lowest BCUT2D eigenvalue weighted by Gasteiger charge is -2.31. The molecule has 1 fully saturated rings. The summed E-state index contributed by atoms with van der Waals surface area (Å²) in [7, 11) is 0. The van der Waals surface area contributed by atoms with Gasteiger partial charge in [0.1, 0.15) is 11.3 Å². The predicted octanol–water partition coefficient (Wildman–Crippen LogP) is 4.60. The first kappa shape index (κ1) is 23.5. The van der Waals surface area contributed by atoms with Crippen LogP contribution in [0.1, 0.15) is 66.5 Å². The number of hydrogen-bond donors (Lipinski definition) is 1. The van der Waals surface area contributed by atoms with Gasteiger partial charge < -0.3 is 10.1 Å². The molecule has 1 saturated heterocycles. The molecule has 1 aromatic carbocycles. The van der Waals surface area contributed by atoms with Crippen LogP contribution in [-0.4, -0.2) is 53.0 Å². The number of ether oxygens (including phenoxy) is 1. The van der Waals surface area contributed by atoms with E-state index in [4.69, 9.17) is 9.72 Å². The Morgan fingerprint density at radius 3 is 2.52 bits per heavy atom. The number of rotatable bonds is 8. The molecule has 176 valence electrons. The zero-order valence-corrected chi connectivity index (χ0v) is 20.3. The van der Waals surface area contributed by atoms with Gasteiger partial charge >= 0.3 is 0 Å². The van der Waals surface area contributed by atoms with Crippen molar-refractivity contribution in [3.8, 4) is 0 Å². The molecule has 33 heavy (non-hydrogen) atoms. The van der Waals surface area contributed by atoms with Crippen LogP contribution in [-0.2, 0) is 4.74 Å². The Labute approximate surface area is 197 Å². The zero-order chi connectivity index (χ0) is 23.4. The first-order valence-electron chi connectivity index (χ1n) is 12.1. The van der Waals surface area contributed by atoms with Crippen molar-refractivity contribution < 1.29 is 9.53 Å². The average Bonchev–Trinajstić information content (AvgIpc) is 3.26. The summed E-state index contributed by atoms with van der Waals surface area (Å²) in [6.07, 6.45) is 3.04. The van der Waals surface area contributed by atoms with Gasteiger partial charge in [-0.2, -0.15) is 0 Å². The maximum absolute atomic E-state index is 13.2. The van der Waals surface area contributed by atoms with Crippen molar-refractivity contribution in [1.29, 1.82) is 0 Å². The Kier molecular flexibility index (Phi) is 7.46. The third-order valence-corrected chi connectivity index (χ3v) is 6.58. The Balaban J connectivity index is 1.51. The third kappa shape index (κ3) is 5.63. The molecule has 0 aliphatic carbocycles. The molecule has 6 nitrogen and oxygen atoms in total. The van der Waals surface area contributed by atoms with Crippen LogP contribution in [0.25, 0.3) is 5.65 Å². The Morgan fingerprint density at radius 1 is 1.09 bits per heavy atom. The molecule has 0 saturated carbocycles. The van der Waals surface area contributed by atoms with Crippen molar-refractivity contribution in [2.75, 3.05) is 32.8 Å². The number of amides is 1. The number of aryl methyl sites for hydroxylation is 1. The Hall–Kier alpha value is -2.70. The molecule has 3 heterocycles. The first-order chi connectivity index (χ1) is 15.9. The first-order valence-corrected chi connectivity index (χ1v) is 12.1. The Bertz CT molecular complexity index is 1070. The molecule has 0 spiro atoms. The molecule has 3 aromatic rings. The Morgan fingerprint density at radius 2 is 1.82 bits per heavy atom. The van der Waals surface area contributed by atoms with Crippen LogP contribution in [0.2, 0.25) is 0 Å². The van der Waals surface area contributed by atoms with Crippen molar-refractivity contribution in [2.45, 2.75) is 46.1 Å². The summed E-state index contributed by atoms with van der Waals surface area (Å²) in [6.45, 7) is 12.7. The zero-order valence-electron chi connectivity index (χ0n) is 20.3. The van der Waals surface area contributed by atoms with Gasteiger partial charge in [-0.05, 0) is 43.9 Å². The van der Waals surface area contributed by atoms with E-state index in [0.717, 1.165) is 44.1 Å². The lowest BCUT2D eigenvalue weighted by molar-refractivity contribution is 0.0191. The molecule has 2 atom stereocenters. The summed E-state index contributed by atoms with van der Waals surface area (Å²) < 4.78 is 7.40. The number of morpholine rings is 1. The second-order valence-electron chi connectivity index (χ2n) is 9.58. The number of carbonyl (C=O) groups excluding carboxylic acids is 1. The molecule has 0 bridgehead atoms. The topological polar surface area (TPSA) is 58.9 Å². The van der Waals surface area contributed by atoms with Crippen LogP contribution in [0.15, 0.2) is 48.7 Å². The van der Waals surface area contributed by atoms with Crippen molar-refractivity contribution in [1.82, 2.24) is 19.6 Å². The van der Waals surface area contributed by atoms with E-state index in [1.165, 1.54) is 11.1 Å². The normalized spacial score (nSPS) is 16.8. The maximum atomic E-state index is 13.2. The molecule has 1 aliphatic heterocycles. The molecule has 0 radical (unpaired) electrons. The largest absolute Gasteiger partial charge is 0.379 e.